The summed E-state index contributed by atoms with van der Waals surface area (Å²) < 4.78 is 11.7. The van der Waals surface area contributed by atoms with Crippen LogP contribution in [0.25, 0.3) is 0 Å². The fraction of sp³-hybridized carbons (Fsp3) is 0.933. The van der Waals surface area contributed by atoms with Crippen molar-refractivity contribution in [2.24, 2.45) is 11.8 Å². The van der Waals surface area contributed by atoms with Crippen LogP contribution in [0.4, 0.5) is 0 Å². The van der Waals surface area contributed by atoms with Gasteiger partial charge in [-0.25, -0.2) is 0 Å². The van der Waals surface area contributed by atoms with Crippen molar-refractivity contribution >= 4 is 17.7 Å². The number of amides is 1. The summed E-state index contributed by atoms with van der Waals surface area (Å²) in [5.74, 6) is 2.25. The van der Waals surface area contributed by atoms with Gasteiger partial charge in [0.1, 0.15) is 5.60 Å². The van der Waals surface area contributed by atoms with Crippen molar-refractivity contribution in [2.75, 3.05) is 44.9 Å². The summed E-state index contributed by atoms with van der Waals surface area (Å²) in [6.45, 7) is 4.22. The minimum Gasteiger partial charge on any atom is -0.381 e. The Bertz CT molecular complexity index is 353. The Balaban J connectivity index is 1.40. The van der Waals surface area contributed by atoms with Crippen LogP contribution in [-0.4, -0.2) is 61.3 Å². The molecule has 1 spiro atoms. The van der Waals surface area contributed by atoms with Crippen LogP contribution < -0.4 is 0 Å². The molecular formula is C15H25NO3S. The number of thioether (sulfide) groups is 1. The standard InChI is InChI=1S/C15H25NO3S/c1-20-9-14(17)16-10-15(11-16)13(5-7-19-15)4-6-18-8-12-2-3-12/h12-13H,2-11H2,1H3/t13-/m1/s1. The number of hydrogen-bond donors (Lipinski definition) is 0. The molecule has 1 atom stereocenters. The molecule has 1 aliphatic carbocycles. The Kier molecular flexibility index (Phi) is 4.58. The number of ether oxygens (including phenoxy) is 2. The minimum absolute atomic E-state index is 0.0446. The van der Waals surface area contributed by atoms with E-state index in [0.29, 0.717) is 11.7 Å². The van der Waals surface area contributed by atoms with Crippen LogP contribution in [-0.2, 0) is 14.3 Å². The van der Waals surface area contributed by atoms with Crippen LogP contribution in [0.15, 0.2) is 0 Å². The Morgan fingerprint density at radius 3 is 2.90 bits per heavy atom. The normalized spacial score (nSPS) is 27.9. The highest BCUT2D eigenvalue weighted by atomic mass is 32.2. The monoisotopic (exact) mass is 299 g/mol. The smallest absolute Gasteiger partial charge is 0.232 e. The van der Waals surface area contributed by atoms with Crippen LogP contribution in [0.3, 0.4) is 0 Å². The van der Waals surface area contributed by atoms with E-state index in [1.54, 1.807) is 11.8 Å². The third-order valence-electron chi connectivity index (χ3n) is 4.80. The first-order chi connectivity index (χ1) is 9.73. The van der Waals surface area contributed by atoms with Crippen molar-refractivity contribution in [3.63, 3.8) is 0 Å². The number of rotatable bonds is 7. The molecule has 2 heterocycles. The predicted octanol–water partition coefficient (Wildman–Crippen LogP) is 1.78. The van der Waals surface area contributed by atoms with E-state index < -0.39 is 0 Å². The van der Waals surface area contributed by atoms with Crippen molar-refractivity contribution in [1.29, 1.82) is 0 Å². The highest BCUT2D eigenvalue weighted by molar-refractivity contribution is 7.99. The molecule has 0 aromatic carbocycles. The molecule has 4 nitrogen and oxygen atoms in total. The fourth-order valence-corrected chi connectivity index (χ4v) is 3.72. The molecule has 1 saturated carbocycles. The lowest BCUT2D eigenvalue weighted by molar-refractivity contribution is -0.163. The van der Waals surface area contributed by atoms with Crippen LogP contribution in [0, 0.1) is 11.8 Å². The Hall–Kier alpha value is -0.260. The Morgan fingerprint density at radius 1 is 1.40 bits per heavy atom. The molecular weight excluding hydrogens is 274 g/mol. The van der Waals surface area contributed by atoms with Crippen LogP contribution in [0.1, 0.15) is 25.7 Å². The van der Waals surface area contributed by atoms with E-state index in [1.165, 1.54) is 12.8 Å². The molecule has 5 heteroatoms. The zero-order valence-electron chi connectivity index (χ0n) is 12.3. The van der Waals surface area contributed by atoms with Gasteiger partial charge in [-0.1, -0.05) is 0 Å². The van der Waals surface area contributed by atoms with Gasteiger partial charge in [-0.3, -0.25) is 4.79 Å². The quantitative estimate of drug-likeness (QED) is 0.672. The van der Waals surface area contributed by atoms with Crippen molar-refractivity contribution < 1.29 is 14.3 Å². The zero-order chi connectivity index (χ0) is 14.0. The molecule has 3 fully saturated rings. The molecule has 2 saturated heterocycles. The van der Waals surface area contributed by atoms with Gasteiger partial charge >= 0.3 is 0 Å². The lowest BCUT2D eigenvalue weighted by Crippen LogP contribution is -2.66. The first-order valence-electron chi connectivity index (χ1n) is 7.72. The molecule has 0 radical (unpaired) electrons. The second-order valence-electron chi connectivity index (χ2n) is 6.39. The molecule has 3 rings (SSSR count). The van der Waals surface area contributed by atoms with Crippen molar-refractivity contribution in [2.45, 2.75) is 31.3 Å². The third-order valence-corrected chi connectivity index (χ3v) is 5.33. The molecule has 0 unspecified atom stereocenters. The van der Waals surface area contributed by atoms with Crippen LogP contribution >= 0.6 is 11.8 Å². The highest BCUT2D eigenvalue weighted by Gasteiger charge is 2.53. The van der Waals surface area contributed by atoms with Gasteiger partial charge in [0.05, 0.1) is 18.8 Å². The summed E-state index contributed by atoms with van der Waals surface area (Å²) in [6.07, 6.45) is 6.88. The fourth-order valence-electron chi connectivity index (χ4n) is 3.29. The third kappa shape index (κ3) is 3.15. The molecule has 2 aliphatic heterocycles. The average molecular weight is 299 g/mol. The molecule has 0 aromatic heterocycles. The second-order valence-corrected chi connectivity index (χ2v) is 7.25. The summed E-state index contributed by atoms with van der Waals surface area (Å²) in [7, 11) is 0. The van der Waals surface area contributed by atoms with Gasteiger partial charge < -0.3 is 14.4 Å². The molecule has 0 N–H and O–H groups in total. The van der Waals surface area contributed by atoms with Crippen molar-refractivity contribution in [3.8, 4) is 0 Å². The van der Waals surface area contributed by atoms with E-state index in [4.69, 9.17) is 9.47 Å². The van der Waals surface area contributed by atoms with Crippen LogP contribution in [0.2, 0.25) is 0 Å². The topological polar surface area (TPSA) is 38.8 Å². The lowest BCUT2D eigenvalue weighted by atomic mass is 9.79. The van der Waals surface area contributed by atoms with E-state index in [2.05, 4.69) is 0 Å². The molecule has 114 valence electrons. The molecule has 20 heavy (non-hydrogen) atoms. The largest absolute Gasteiger partial charge is 0.381 e. The molecule has 1 amide bonds. The van der Waals surface area contributed by atoms with Gasteiger partial charge in [-0.15, -0.1) is 0 Å². The van der Waals surface area contributed by atoms with E-state index >= 15 is 0 Å². The number of carbonyl (C=O) groups excluding carboxylic acids is 1. The van der Waals surface area contributed by atoms with Crippen LogP contribution in [0.5, 0.6) is 0 Å². The van der Waals surface area contributed by atoms with Gasteiger partial charge in [-0.05, 0) is 43.8 Å². The highest BCUT2D eigenvalue weighted by Crippen LogP contribution is 2.41. The maximum atomic E-state index is 11.8. The predicted molar refractivity (Wildman–Crippen MR) is 79.9 cm³/mol. The van der Waals surface area contributed by atoms with Crippen molar-refractivity contribution in [3.05, 3.63) is 0 Å². The van der Waals surface area contributed by atoms with Gasteiger partial charge in [0.2, 0.25) is 5.91 Å². The van der Waals surface area contributed by atoms with Crippen molar-refractivity contribution in [1.82, 2.24) is 4.90 Å². The van der Waals surface area contributed by atoms with E-state index in [-0.39, 0.29) is 11.5 Å². The van der Waals surface area contributed by atoms with E-state index in [9.17, 15) is 4.79 Å². The SMILES string of the molecule is CSCC(=O)N1CC2(C1)OCC[C@H]2CCOCC1CC1. The van der Waals surface area contributed by atoms with E-state index in [1.807, 2.05) is 11.2 Å². The first-order valence-corrected chi connectivity index (χ1v) is 9.11. The second kappa shape index (κ2) is 6.24. The summed E-state index contributed by atoms with van der Waals surface area (Å²) in [5, 5.41) is 0. The van der Waals surface area contributed by atoms with Gasteiger partial charge in [0.15, 0.2) is 0 Å². The Morgan fingerprint density at radius 2 is 2.20 bits per heavy atom. The van der Waals surface area contributed by atoms with Gasteiger partial charge in [-0.2, -0.15) is 11.8 Å². The summed E-state index contributed by atoms with van der Waals surface area (Å²) >= 11 is 1.59. The zero-order valence-corrected chi connectivity index (χ0v) is 13.1. The van der Waals surface area contributed by atoms with Gasteiger partial charge in [0, 0.05) is 19.8 Å². The number of hydrogen-bond acceptors (Lipinski definition) is 4. The summed E-state index contributed by atoms with van der Waals surface area (Å²) in [5.41, 5.74) is -0.0446. The molecule has 0 aromatic rings. The number of carbonyl (C=O) groups is 1. The Labute approximate surface area is 125 Å². The maximum Gasteiger partial charge on any atom is 0.232 e. The average Bonchev–Trinajstić information content (AvgIpc) is 3.11. The maximum absolute atomic E-state index is 11.8. The first kappa shape index (κ1) is 14.7. The molecule has 3 aliphatic rings. The molecule has 0 bridgehead atoms. The lowest BCUT2D eigenvalue weighted by Gasteiger charge is -2.50. The van der Waals surface area contributed by atoms with E-state index in [0.717, 1.165) is 51.7 Å². The summed E-state index contributed by atoms with van der Waals surface area (Å²) in [4.78, 5) is 13.8. The van der Waals surface area contributed by atoms with Gasteiger partial charge in [0.25, 0.3) is 0 Å². The summed E-state index contributed by atoms with van der Waals surface area (Å²) in [6, 6.07) is 0. The number of nitrogens with zero attached hydrogens (tertiary/aromatic N) is 1. The number of likely N-dealkylation sites (tertiary alicyclic amines) is 1. The minimum atomic E-state index is -0.0446.